The highest BCUT2D eigenvalue weighted by Gasteiger charge is 2.27. The molecular weight excluding hydrogens is 408 g/mol. The molecule has 2 N–H and O–H groups in total. The second-order valence-electron chi connectivity index (χ2n) is 6.83. The van der Waals surface area contributed by atoms with Gasteiger partial charge in [0.25, 0.3) is 0 Å². The van der Waals surface area contributed by atoms with Crippen LogP contribution >= 0.6 is 11.8 Å². The highest BCUT2D eigenvalue weighted by molar-refractivity contribution is 8.01. The van der Waals surface area contributed by atoms with Crippen molar-refractivity contribution in [3.8, 4) is 0 Å². The number of sulfone groups is 1. The van der Waals surface area contributed by atoms with Gasteiger partial charge in [-0.2, -0.15) is 0 Å². The summed E-state index contributed by atoms with van der Waals surface area (Å²) in [7, 11) is -3.65. The Bertz CT molecular complexity index is 1030. The molecule has 0 unspecified atom stereocenters. The Kier molecular flexibility index (Phi) is 6.64. The summed E-state index contributed by atoms with van der Waals surface area (Å²) in [5, 5.41) is 5.36. The highest BCUT2D eigenvalue weighted by Crippen LogP contribution is 2.38. The van der Waals surface area contributed by atoms with Gasteiger partial charge < -0.3 is 10.6 Å². The molecule has 3 rings (SSSR count). The van der Waals surface area contributed by atoms with Crippen molar-refractivity contribution in [3.05, 3.63) is 48.0 Å². The normalized spacial score (nSPS) is 16.1. The van der Waals surface area contributed by atoms with Crippen LogP contribution < -0.4 is 10.6 Å². The predicted octanol–water partition coefficient (Wildman–Crippen LogP) is 3.87. The monoisotopic (exact) mass is 432 g/mol. The number of rotatable bonds is 7. The number of aryl methyl sites for hydroxylation is 1. The lowest BCUT2D eigenvalue weighted by atomic mass is 10.1. The SMILES string of the molecule is CCc1cccc(NC(=O)CCS(=O)(=O)c2ccc3c(c2)NC(=O)[C@@H](CC)S3)c1. The average Bonchev–Trinajstić information content (AvgIpc) is 2.71. The van der Waals surface area contributed by atoms with Crippen LogP contribution in [0.2, 0.25) is 0 Å². The van der Waals surface area contributed by atoms with Gasteiger partial charge in [-0.15, -0.1) is 11.8 Å². The van der Waals surface area contributed by atoms with E-state index in [-0.39, 0.29) is 34.1 Å². The Morgan fingerprint density at radius 3 is 2.69 bits per heavy atom. The molecule has 0 radical (unpaired) electrons. The molecule has 154 valence electrons. The number of hydrogen-bond donors (Lipinski definition) is 2. The zero-order chi connectivity index (χ0) is 21.0. The van der Waals surface area contributed by atoms with E-state index in [1.165, 1.54) is 23.9 Å². The molecule has 0 fully saturated rings. The van der Waals surface area contributed by atoms with Crippen molar-refractivity contribution in [2.75, 3.05) is 16.4 Å². The van der Waals surface area contributed by atoms with Crippen LogP contribution in [0.15, 0.2) is 52.3 Å². The molecule has 2 aromatic rings. The Hall–Kier alpha value is -2.32. The third kappa shape index (κ3) is 5.19. The van der Waals surface area contributed by atoms with Gasteiger partial charge in [0, 0.05) is 17.0 Å². The van der Waals surface area contributed by atoms with Crippen molar-refractivity contribution >= 4 is 44.8 Å². The molecule has 0 saturated carbocycles. The van der Waals surface area contributed by atoms with Crippen LogP contribution in [0.4, 0.5) is 11.4 Å². The van der Waals surface area contributed by atoms with Gasteiger partial charge in [-0.3, -0.25) is 9.59 Å². The van der Waals surface area contributed by atoms with E-state index in [0.29, 0.717) is 17.8 Å². The summed E-state index contributed by atoms with van der Waals surface area (Å²) in [5.74, 6) is -0.772. The van der Waals surface area contributed by atoms with Gasteiger partial charge >= 0.3 is 0 Å². The Morgan fingerprint density at radius 2 is 1.97 bits per heavy atom. The number of fused-ring (bicyclic) bond motifs is 1. The highest BCUT2D eigenvalue weighted by atomic mass is 32.2. The van der Waals surface area contributed by atoms with E-state index < -0.39 is 9.84 Å². The maximum atomic E-state index is 12.7. The molecule has 29 heavy (non-hydrogen) atoms. The van der Waals surface area contributed by atoms with Crippen molar-refractivity contribution in [3.63, 3.8) is 0 Å². The van der Waals surface area contributed by atoms with Crippen LogP contribution in [0.25, 0.3) is 0 Å². The number of thioether (sulfide) groups is 1. The Morgan fingerprint density at radius 1 is 1.17 bits per heavy atom. The summed E-state index contributed by atoms with van der Waals surface area (Å²) in [6.45, 7) is 3.96. The molecule has 0 aromatic heterocycles. The summed E-state index contributed by atoms with van der Waals surface area (Å²) in [4.78, 5) is 25.2. The number of hydrogen-bond acceptors (Lipinski definition) is 5. The summed E-state index contributed by atoms with van der Waals surface area (Å²) in [5.41, 5.74) is 2.26. The molecular formula is C21H24N2O4S2. The first kappa shape index (κ1) is 21.4. The van der Waals surface area contributed by atoms with Crippen LogP contribution in [0.3, 0.4) is 0 Å². The topological polar surface area (TPSA) is 92.3 Å². The summed E-state index contributed by atoms with van der Waals surface area (Å²) >= 11 is 1.44. The summed E-state index contributed by atoms with van der Waals surface area (Å²) in [6.07, 6.45) is 1.41. The van der Waals surface area contributed by atoms with Crippen LogP contribution in [-0.2, 0) is 25.8 Å². The van der Waals surface area contributed by atoms with Crippen molar-refractivity contribution in [2.24, 2.45) is 0 Å². The predicted molar refractivity (Wildman–Crippen MR) is 116 cm³/mol. The molecule has 1 aliphatic rings. The Balaban J connectivity index is 1.66. The minimum Gasteiger partial charge on any atom is -0.326 e. The van der Waals surface area contributed by atoms with Gasteiger partial charge in [-0.05, 0) is 48.7 Å². The number of amides is 2. The van der Waals surface area contributed by atoms with E-state index in [1.54, 1.807) is 12.1 Å². The third-order valence-corrected chi connectivity index (χ3v) is 7.87. The number of nitrogens with one attached hydrogen (secondary N) is 2. The second kappa shape index (κ2) is 9.00. The summed E-state index contributed by atoms with van der Waals surface area (Å²) < 4.78 is 25.4. The maximum Gasteiger partial charge on any atom is 0.237 e. The quantitative estimate of drug-likeness (QED) is 0.693. The van der Waals surface area contributed by atoms with E-state index in [2.05, 4.69) is 10.6 Å². The molecule has 1 heterocycles. The largest absolute Gasteiger partial charge is 0.326 e. The van der Waals surface area contributed by atoms with Crippen molar-refractivity contribution in [1.82, 2.24) is 0 Å². The van der Waals surface area contributed by atoms with Crippen molar-refractivity contribution in [2.45, 2.75) is 48.2 Å². The number of anilines is 2. The number of carbonyl (C=O) groups is 2. The fourth-order valence-corrected chi connectivity index (χ4v) is 5.31. The van der Waals surface area contributed by atoms with Crippen molar-refractivity contribution in [1.29, 1.82) is 0 Å². The van der Waals surface area contributed by atoms with Gasteiger partial charge in [-0.1, -0.05) is 26.0 Å². The lowest BCUT2D eigenvalue weighted by molar-refractivity contribution is -0.116. The van der Waals surface area contributed by atoms with Crippen LogP contribution in [0.1, 0.15) is 32.3 Å². The minimum atomic E-state index is -3.65. The second-order valence-corrected chi connectivity index (χ2v) is 10.2. The van der Waals surface area contributed by atoms with E-state index in [1.807, 2.05) is 32.0 Å². The average molecular weight is 433 g/mol. The van der Waals surface area contributed by atoms with Gasteiger partial charge in [0.1, 0.15) is 0 Å². The number of benzene rings is 2. The van der Waals surface area contributed by atoms with Gasteiger partial charge in [0.05, 0.1) is 21.6 Å². The lowest BCUT2D eigenvalue weighted by Crippen LogP contribution is -2.28. The lowest BCUT2D eigenvalue weighted by Gasteiger charge is -2.23. The Labute approximate surface area is 175 Å². The zero-order valence-electron chi connectivity index (χ0n) is 16.4. The molecule has 2 amide bonds. The van der Waals surface area contributed by atoms with E-state index in [9.17, 15) is 18.0 Å². The first-order chi connectivity index (χ1) is 13.8. The van der Waals surface area contributed by atoms with E-state index in [4.69, 9.17) is 0 Å². The third-order valence-electron chi connectivity index (χ3n) is 4.72. The number of carbonyl (C=O) groups excluding carboxylic acids is 2. The molecule has 2 aromatic carbocycles. The molecule has 8 heteroatoms. The van der Waals surface area contributed by atoms with E-state index >= 15 is 0 Å². The molecule has 1 aliphatic heterocycles. The van der Waals surface area contributed by atoms with Crippen molar-refractivity contribution < 1.29 is 18.0 Å². The fourth-order valence-electron chi connectivity index (χ4n) is 3.03. The standard InChI is InChI=1S/C21H24N2O4S2/c1-3-14-6-5-7-15(12-14)22-20(24)10-11-29(26,27)16-8-9-19-17(13-16)23-21(25)18(4-2)28-19/h5-9,12-13,18H,3-4,10-11H2,1-2H3,(H,22,24)(H,23,25)/t18-/m1/s1. The molecule has 6 nitrogen and oxygen atoms in total. The van der Waals surface area contributed by atoms with E-state index in [0.717, 1.165) is 16.9 Å². The molecule has 0 spiro atoms. The van der Waals surface area contributed by atoms with Gasteiger partial charge in [-0.25, -0.2) is 8.42 Å². The molecule has 0 saturated heterocycles. The van der Waals surface area contributed by atoms with Gasteiger partial charge in [0.15, 0.2) is 9.84 Å². The van der Waals surface area contributed by atoms with Crippen LogP contribution in [0.5, 0.6) is 0 Å². The smallest absolute Gasteiger partial charge is 0.237 e. The molecule has 0 bridgehead atoms. The van der Waals surface area contributed by atoms with Crippen LogP contribution in [0, 0.1) is 0 Å². The van der Waals surface area contributed by atoms with Gasteiger partial charge in [0.2, 0.25) is 11.8 Å². The molecule has 0 aliphatic carbocycles. The minimum absolute atomic E-state index is 0.105. The first-order valence-corrected chi connectivity index (χ1v) is 12.1. The zero-order valence-corrected chi connectivity index (χ0v) is 18.0. The maximum absolute atomic E-state index is 12.7. The summed E-state index contributed by atoms with van der Waals surface area (Å²) in [6, 6.07) is 12.2. The fraction of sp³-hybridized carbons (Fsp3) is 0.333. The molecule has 1 atom stereocenters. The first-order valence-electron chi connectivity index (χ1n) is 9.55. The van der Waals surface area contributed by atoms with Crippen LogP contribution in [-0.4, -0.2) is 31.2 Å².